The molecule has 2 saturated heterocycles. The van der Waals surface area contributed by atoms with Crippen molar-refractivity contribution in [2.24, 2.45) is 0 Å². The Morgan fingerprint density at radius 1 is 1.19 bits per heavy atom. The number of amides is 1. The highest BCUT2D eigenvalue weighted by Gasteiger charge is 2.32. The third-order valence-electron chi connectivity index (χ3n) is 4.29. The van der Waals surface area contributed by atoms with Crippen LogP contribution in [0.2, 0.25) is 0 Å². The van der Waals surface area contributed by atoms with Crippen molar-refractivity contribution in [1.29, 1.82) is 0 Å². The molecule has 2 aliphatic rings. The second kappa shape index (κ2) is 6.28. The molecule has 1 aromatic carbocycles. The van der Waals surface area contributed by atoms with Crippen molar-refractivity contribution >= 4 is 18.3 Å². The van der Waals surface area contributed by atoms with Gasteiger partial charge >= 0.3 is 0 Å². The Hall–Kier alpha value is -1.20. The van der Waals surface area contributed by atoms with Crippen LogP contribution in [0.3, 0.4) is 0 Å². The predicted octanol–water partition coefficient (Wildman–Crippen LogP) is 2.66. The van der Waals surface area contributed by atoms with Crippen molar-refractivity contribution in [3.8, 4) is 0 Å². The highest BCUT2D eigenvalue weighted by atomic mass is 35.5. The second-order valence-corrected chi connectivity index (χ2v) is 5.76. The highest BCUT2D eigenvalue weighted by molar-refractivity contribution is 5.94. The van der Waals surface area contributed by atoms with E-state index in [1.807, 2.05) is 0 Å². The van der Waals surface area contributed by atoms with Crippen LogP contribution in [0.4, 0.5) is 8.78 Å². The first-order valence-electron chi connectivity index (χ1n) is 7.05. The van der Waals surface area contributed by atoms with Gasteiger partial charge in [-0.05, 0) is 37.8 Å². The van der Waals surface area contributed by atoms with Crippen molar-refractivity contribution in [3.05, 3.63) is 34.9 Å². The maximum Gasteiger partial charge on any atom is 0.256 e. The SMILES string of the molecule is Cc1cc(C(=O)N2CCC3CCC(C2)N3)c(F)cc1F.Cl. The zero-order valence-corrected chi connectivity index (χ0v) is 12.7. The Morgan fingerprint density at radius 2 is 1.90 bits per heavy atom. The average molecular weight is 317 g/mol. The monoisotopic (exact) mass is 316 g/mol. The number of likely N-dealkylation sites (tertiary alicyclic amines) is 1. The van der Waals surface area contributed by atoms with E-state index >= 15 is 0 Å². The van der Waals surface area contributed by atoms with Gasteiger partial charge in [0.25, 0.3) is 5.91 Å². The Balaban J connectivity index is 0.00000161. The third kappa shape index (κ3) is 3.19. The number of nitrogens with one attached hydrogen (secondary N) is 1. The van der Waals surface area contributed by atoms with E-state index in [1.54, 1.807) is 4.90 Å². The molecule has 0 aromatic heterocycles. The van der Waals surface area contributed by atoms with E-state index in [4.69, 9.17) is 0 Å². The molecule has 0 aliphatic carbocycles. The predicted molar refractivity (Wildman–Crippen MR) is 78.8 cm³/mol. The molecular weight excluding hydrogens is 298 g/mol. The molecule has 0 saturated carbocycles. The van der Waals surface area contributed by atoms with Gasteiger partial charge in [-0.1, -0.05) is 0 Å². The summed E-state index contributed by atoms with van der Waals surface area (Å²) in [7, 11) is 0. The number of rotatable bonds is 1. The van der Waals surface area contributed by atoms with Crippen LogP contribution < -0.4 is 5.32 Å². The minimum Gasteiger partial charge on any atom is -0.337 e. The molecule has 2 fully saturated rings. The van der Waals surface area contributed by atoms with Gasteiger partial charge in [0.05, 0.1) is 5.56 Å². The van der Waals surface area contributed by atoms with E-state index in [-0.39, 0.29) is 23.9 Å². The molecule has 1 aromatic rings. The quantitative estimate of drug-likeness (QED) is 0.864. The second-order valence-electron chi connectivity index (χ2n) is 5.76. The van der Waals surface area contributed by atoms with Gasteiger partial charge in [-0.25, -0.2) is 8.78 Å². The van der Waals surface area contributed by atoms with E-state index in [0.717, 1.165) is 25.3 Å². The number of fused-ring (bicyclic) bond motifs is 2. The standard InChI is InChI=1S/C15H18F2N2O.ClH/c1-9-6-12(14(17)7-13(9)16)15(20)19-5-4-10-2-3-11(8-19)18-10;/h6-7,10-11,18H,2-5,8H2,1H3;1H. The smallest absolute Gasteiger partial charge is 0.256 e. The normalized spacial score (nSPS) is 24.4. The fourth-order valence-corrected chi connectivity index (χ4v) is 3.12. The van der Waals surface area contributed by atoms with Crippen LogP contribution in [0, 0.1) is 18.6 Å². The van der Waals surface area contributed by atoms with Crippen molar-refractivity contribution in [2.75, 3.05) is 13.1 Å². The minimum atomic E-state index is -0.777. The Kier molecular flexibility index (Phi) is 4.84. The van der Waals surface area contributed by atoms with Gasteiger partial charge in [-0.15, -0.1) is 12.4 Å². The Labute approximate surface area is 129 Å². The maximum atomic E-state index is 13.8. The van der Waals surface area contributed by atoms with Gasteiger partial charge in [0.15, 0.2) is 0 Å². The molecule has 2 unspecified atom stereocenters. The van der Waals surface area contributed by atoms with Gasteiger partial charge < -0.3 is 10.2 Å². The third-order valence-corrected chi connectivity index (χ3v) is 4.29. The van der Waals surface area contributed by atoms with Crippen LogP contribution >= 0.6 is 12.4 Å². The summed E-state index contributed by atoms with van der Waals surface area (Å²) in [6, 6.07) is 2.88. The fourth-order valence-electron chi connectivity index (χ4n) is 3.12. The summed E-state index contributed by atoms with van der Waals surface area (Å²) in [5, 5.41) is 3.48. The molecule has 0 radical (unpaired) electrons. The zero-order valence-electron chi connectivity index (χ0n) is 11.9. The van der Waals surface area contributed by atoms with E-state index in [1.165, 1.54) is 13.0 Å². The van der Waals surface area contributed by atoms with Crippen molar-refractivity contribution in [1.82, 2.24) is 10.2 Å². The first-order valence-corrected chi connectivity index (χ1v) is 7.05. The molecule has 21 heavy (non-hydrogen) atoms. The first kappa shape index (κ1) is 16.2. The lowest BCUT2D eigenvalue weighted by atomic mass is 10.1. The van der Waals surface area contributed by atoms with E-state index < -0.39 is 11.6 Å². The molecule has 0 spiro atoms. The minimum absolute atomic E-state index is 0. The highest BCUT2D eigenvalue weighted by Crippen LogP contribution is 2.23. The summed E-state index contributed by atoms with van der Waals surface area (Å²) < 4.78 is 27.1. The largest absolute Gasteiger partial charge is 0.337 e. The number of benzene rings is 1. The van der Waals surface area contributed by atoms with Crippen LogP contribution in [0.1, 0.15) is 35.2 Å². The van der Waals surface area contributed by atoms with Crippen molar-refractivity contribution in [2.45, 2.75) is 38.3 Å². The van der Waals surface area contributed by atoms with Crippen LogP contribution in [0.5, 0.6) is 0 Å². The summed E-state index contributed by atoms with van der Waals surface area (Å²) in [6.45, 7) is 2.77. The molecular formula is C15H19ClF2N2O. The van der Waals surface area contributed by atoms with Gasteiger partial charge in [-0.2, -0.15) is 0 Å². The molecule has 2 aliphatic heterocycles. The van der Waals surface area contributed by atoms with Crippen LogP contribution in [-0.4, -0.2) is 36.0 Å². The van der Waals surface area contributed by atoms with Crippen LogP contribution in [0.15, 0.2) is 12.1 Å². The van der Waals surface area contributed by atoms with Crippen LogP contribution in [0.25, 0.3) is 0 Å². The van der Waals surface area contributed by atoms with E-state index in [9.17, 15) is 13.6 Å². The van der Waals surface area contributed by atoms with Crippen molar-refractivity contribution in [3.63, 3.8) is 0 Å². The summed E-state index contributed by atoms with van der Waals surface area (Å²) >= 11 is 0. The lowest BCUT2D eigenvalue weighted by molar-refractivity contribution is 0.0743. The summed E-state index contributed by atoms with van der Waals surface area (Å²) in [5.74, 6) is -1.73. The average Bonchev–Trinajstić information content (AvgIpc) is 2.73. The molecule has 3 rings (SSSR count). The number of nitrogens with zero attached hydrogens (tertiary/aromatic N) is 1. The van der Waals surface area contributed by atoms with Gasteiger partial charge in [0, 0.05) is 31.2 Å². The number of carbonyl (C=O) groups excluding carboxylic acids is 1. The van der Waals surface area contributed by atoms with Gasteiger partial charge in [-0.3, -0.25) is 4.79 Å². The molecule has 2 heterocycles. The molecule has 2 bridgehead atoms. The Bertz CT molecular complexity index is 553. The summed E-state index contributed by atoms with van der Waals surface area (Å²) in [4.78, 5) is 14.1. The lowest BCUT2D eigenvalue weighted by Gasteiger charge is -2.24. The zero-order chi connectivity index (χ0) is 14.3. The molecule has 1 amide bonds. The van der Waals surface area contributed by atoms with Crippen molar-refractivity contribution < 1.29 is 13.6 Å². The fraction of sp³-hybridized carbons (Fsp3) is 0.533. The molecule has 6 heteroatoms. The molecule has 3 nitrogen and oxygen atoms in total. The summed E-state index contributed by atoms with van der Waals surface area (Å²) in [6.07, 6.45) is 3.10. The lowest BCUT2D eigenvalue weighted by Crippen LogP contribution is -2.39. The topological polar surface area (TPSA) is 32.3 Å². The number of aryl methyl sites for hydroxylation is 1. The molecule has 1 N–H and O–H groups in total. The van der Waals surface area contributed by atoms with Gasteiger partial charge in [0.1, 0.15) is 11.6 Å². The number of carbonyl (C=O) groups is 1. The number of hydrogen-bond donors (Lipinski definition) is 1. The first-order chi connectivity index (χ1) is 9.54. The molecule has 116 valence electrons. The number of hydrogen-bond acceptors (Lipinski definition) is 2. The number of halogens is 3. The Morgan fingerprint density at radius 3 is 2.67 bits per heavy atom. The maximum absolute atomic E-state index is 13.8. The van der Waals surface area contributed by atoms with Crippen LogP contribution in [-0.2, 0) is 0 Å². The molecule has 2 atom stereocenters. The summed E-state index contributed by atoms with van der Waals surface area (Å²) in [5.41, 5.74) is 0.269. The van der Waals surface area contributed by atoms with E-state index in [0.29, 0.717) is 30.7 Å². The van der Waals surface area contributed by atoms with Gasteiger partial charge in [0.2, 0.25) is 0 Å². The van der Waals surface area contributed by atoms with E-state index in [2.05, 4.69) is 5.32 Å².